The number of nitriles is 1. The third-order valence-electron chi connectivity index (χ3n) is 7.17. The van der Waals surface area contributed by atoms with Gasteiger partial charge in [0, 0.05) is 19.1 Å². The Hall–Kier alpha value is -3.67. The van der Waals surface area contributed by atoms with Gasteiger partial charge in [-0.05, 0) is 56.2 Å². The number of anilines is 1. The van der Waals surface area contributed by atoms with Crippen LogP contribution in [0.15, 0.2) is 30.5 Å². The number of pyridine rings is 2. The van der Waals surface area contributed by atoms with Crippen LogP contribution in [0.25, 0.3) is 27.9 Å². The molecule has 5 heterocycles. The fraction of sp³-hybridized carbons (Fsp3) is 0.400. The molecule has 2 aliphatic rings. The summed E-state index contributed by atoms with van der Waals surface area (Å²) >= 11 is 0. The van der Waals surface area contributed by atoms with E-state index in [9.17, 15) is 5.26 Å². The minimum absolute atomic E-state index is 0.192. The number of aryl methyl sites for hydroxylation is 2. The van der Waals surface area contributed by atoms with Crippen molar-refractivity contribution in [3.05, 3.63) is 41.9 Å². The highest BCUT2D eigenvalue weighted by atomic mass is 16.5. The molecule has 2 fully saturated rings. The summed E-state index contributed by atoms with van der Waals surface area (Å²) in [5.41, 5.74) is 5.70. The van der Waals surface area contributed by atoms with Gasteiger partial charge in [-0.1, -0.05) is 12.8 Å². The van der Waals surface area contributed by atoms with Gasteiger partial charge in [0.1, 0.15) is 11.3 Å². The minimum atomic E-state index is 0.192. The first kappa shape index (κ1) is 20.9. The molecule has 0 aromatic carbocycles. The second kappa shape index (κ2) is 7.98. The molecule has 0 radical (unpaired) electrons. The van der Waals surface area contributed by atoms with Crippen molar-refractivity contribution in [1.82, 2.24) is 24.6 Å². The molecule has 1 atom stereocenters. The van der Waals surface area contributed by atoms with Crippen LogP contribution in [0.4, 0.5) is 5.82 Å². The molecule has 0 bridgehead atoms. The maximum Gasteiger partial charge on any atom is 0.275 e. The molecular formula is C25H26BN7O. The molecule has 1 saturated carbocycles. The summed E-state index contributed by atoms with van der Waals surface area (Å²) in [6.45, 7) is 5.96. The van der Waals surface area contributed by atoms with Crippen LogP contribution in [-0.2, 0) is 0 Å². The number of hydrogen-bond acceptors (Lipinski definition) is 7. The van der Waals surface area contributed by atoms with E-state index in [1.54, 1.807) is 7.11 Å². The molecular weight excluding hydrogens is 425 g/mol. The summed E-state index contributed by atoms with van der Waals surface area (Å²) in [4.78, 5) is 16.6. The van der Waals surface area contributed by atoms with Gasteiger partial charge in [0.2, 0.25) is 0 Å². The first-order valence-corrected chi connectivity index (χ1v) is 11.9. The Morgan fingerprint density at radius 2 is 1.82 bits per heavy atom. The maximum absolute atomic E-state index is 9.62. The third-order valence-corrected chi connectivity index (χ3v) is 7.17. The molecule has 1 saturated heterocycles. The molecule has 1 unspecified atom stereocenters. The zero-order valence-corrected chi connectivity index (χ0v) is 19.7. The van der Waals surface area contributed by atoms with Crippen LogP contribution in [0, 0.1) is 25.1 Å². The largest absolute Gasteiger partial charge is 0.492 e. The Morgan fingerprint density at radius 3 is 2.59 bits per heavy atom. The highest BCUT2D eigenvalue weighted by Crippen LogP contribution is 2.45. The molecule has 1 aliphatic heterocycles. The van der Waals surface area contributed by atoms with E-state index in [-0.39, 0.29) is 6.71 Å². The van der Waals surface area contributed by atoms with Crippen molar-refractivity contribution in [3.8, 4) is 23.1 Å². The summed E-state index contributed by atoms with van der Waals surface area (Å²) in [6, 6.07) is 8.01. The van der Waals surface area contributed by atoms with Crippen molar-refractivity contribution in [2.45, 2.75) is 44.7 Å². The normalized spacial score (nSPS) is 17.9. The Morgan fingerprint density at radius 1 is 1.03 bits per heavy atom. The molecule has 170 valence electrons. The average molecular weight is 451 g/mol. The summed E-state index contributed by atoms with van der Waals surface area (Å²) < 4.78 is 7.54. The number of rotatable bonds is 5. The van der Waals surface area contributed by atoms with E-state index in [1.807, 2.05) is 48.8 Å². The summed E-state index contributed by atoms with van der Waals surface area (Å²) in [7, 11) is 1.65. The SMILES string of the molecule is COc1c(-c2ccc3nc(N4CCC(B(C#N)C5CC5)C4)ccc3n2)nn2cc(C)nc(C)c12. The molecule has 4 aromatic rings. The van der Waals surface area contributed by atoms with Gasteiger partial charge in [-0.3, -0.25) is 4.98 Å². The fourth-order valence-corrected chi connectivity index (χ4v) is 5.37. The van der Waals surface area contributed by atoms with E-state index in [1.165, 1.54) is 12.8 Å². The minimum Gasteiger partial charge on any atom is -0.492 e. The van der Waals surface area contributed by atoms with Crippen molar-refractivity contribution in [2.75, 3.05) is 25.1 Å². The zero-order chi connectivity index (χ0) is 23.4. The molecule has 4 aromatic heterocycles. The average Bonchev–Trinajstić information content (AvgIpc) is 3.42. The van der Waals surface area contributed by atoms with Crippen LogP contribution in [0.2, 0.25) is 11.6 Å². The van der Waals surface area contributed by atoms with Gasteiger partial charge in [0.05, 0.1) is 41.4 Å². The van der Waals surface area contributed by atoms with E-state index in [0.29, 0.717) is 23.1 Å². The van der Waals surface area contributed by atoms with Gasteiger partial charge in [0.15, 0.2) is 11.4 Å². The van der Waals surface area contributed by atoms with E-state index in [4.69, 9.17) is 19.8 Å². The van der Waals surface area contributed by atoms with Crippen molar-refractivity contribution in [3.63, 3.8) is 0 Å². The topological polar surface area (TPSA) is 92.2 Å². The predicted octanol–water partition coefficient (Wildman–Crippen LogP) is 4.27. The summed E-state index contributed by atoms with van der Waals surface area (Å²) in [5.74, 6) is 5.26. The zero-order valence-electron chi connectivity index (χ0n) is 19.7. The maximum atomic E-state index is 9.62. The molecule has 0 N–H and O–H groups in total. The number of methoxy groups -OCH3 is 1. The lowest BCUT2D eigenvalue weighted by Crippen LogP contribution is -2.25. The Kier molecular flexibility index (Phi) is 4.91. The van der Waals surface area contributed by atoms with Gasteiger partial charge in [-0.2, -0.15) is 5.10 Å². The molecule has 8 nitrogen and oxygen atoms in total. The molecule has 34 heavy (non-hydrogen) atoms. The number of nitrogens with zero attached hydrogens (tertiary/aromatic N) is 7. The van der Waals surface area contributed by atoms with Crippen LogP contribution >= 0.6 is 0 Å². The van der Waals surface area contributed by atoms with E-state index >= 15 is 0 Å². The quantitative estimate of drug-likeness (QED) is 0.419. The second-order valence-electron chi connectivity index (χ2n) is 9.53. The second-order valence-corrected chi connectivity index (χ2v) is 9.53. The predicted molar refractivity (Wildman–Crippen MR) is 132 cm³/mol. The Bertz CT molecular complexity index is 1460. The van der Waals surface area contributed by atoms with Crippen molar-refractivity contribution >= 4 is 29.1 Å². The lowest BCUT2D eigenvalue weighted by atomic mass is 9.38. The molecule has 6 rings (SSSR count). The van der Waals surface area contributed by atoms with Gasteiger partial charge in [-0.25, -0.2) is 19.7 Å². The summed E-state index contributed by atoms with van der Waals surface area (Å²) in [5, 5.41) is 14.4. The first-order valence-electron chi connectivity index (χ1n) is 11.9. The van der Waals surface area contributed by atoms with E-state index < -0.39 is 0 Å². The Labute approximate surface area is 198 Å². The first-order chi connectivity index (χ1) is 16.6. The van der Waals surface area contributed by atoms with Gasteiger partial charge < -0.3 is 9.64 Å². The Balaban J connectivity index is 1.31. The van der Waals surface area contributed by atoms with Gasteiger partial charge >= 0.3 is 0 Å². The van der Waals surface area contributed by atoms with Crippen molar-refractivity contribution in [1.29, 1.82) is 5.26 Å². The lowest BCUT2D eigenvalue weighted by Gasteiger charge is -2.18. The molecule has 0 spiro atoms. The smallest absolute Gasteiger partial charge is 0.275 e. The molecule has 1 aliphatic carbocycles. The van der Waals surface area contributed by atoms with Crippen LogP contribution in [-0.4, -0.2) is 51.5 Å². The van der Waals surface area contributed by atoms with Gasteiger partial charge in [0.25, 0.3) is 6.71 Å². The van der Waals surface area contributed by atoms with E-state index in [2.05, 4.69) is 15.9 Å². The number of ether oxygens (including phenoxy) is 1. The van der Waals surface area contributed by atoms with E-state index in [0.717, 1.165) is 59.0 Å². The standard InChI is InChI=1S/C25H26BN7O/c1-15-12-33-24(16(2)28-15)25(34-3)23(31-33)21-7-6-20-19(29-21)8-9-22(30-20)32-11-10-18(13-32)26(14-27)17-4-5-17/h6-9,12,17-18H,4-5,10-11,13H2,1-3H3. The van der Waals surface area contributed by atoms with Gasteiger partial charge in [-0.15, -0.1) is 0 Å². The van der Waals surface area contributed by atoms with Crippen LogP contribution in [0.3, 0.4) is 0 Å². The monoisotopic (exact) mass is 451 g/mol. The third kappa shape index (κ3) is 3.45. The number of aromatic nitrogens is 5. The van der Waals surface area contributed by atoms with Crippen molar-refractivity contribution < 1.29 is 4.74 Å². The molecule has 9 heteroatoms. The van der Waals surface area contributed by atoms with Crippen LogP contribution < -0.4 is 9.64 Å². The number of fused-ring (bicyclic) bond motifs is 2. The highest BCUT2D eigenvalue weighted by Gasteiger charge is 2.43. The fourth-order valence-electron chi connectivity index (χ4n) is 5.37. The highest BCUT2D eigenvalue weighted by molar-refractivity contribution is 6.70. The van der Waals surface area contributed by atoms with Crippen molar-refractivity contribution in [2.24, 2.45) is 0 Å². The molecule has 0 amide bonds. The van der Waals surface area contributed by atoms with Crippen LogP contribution in [0.5, 0.6) is 5.75 Å². The summed E-state index contributed by atoms with van der Waals surface area (Å²) in [6.07, 6.45) is 5.38. The number of hydrogen-bond donors (Lipinski definition) is 0. The van der Waals surface area contributed by atoms with Crippen LogP contribution in [0.1, 0.15) is 30.7 Å². The lowest BCUT2D eigenvalue weighted by molar-refractivity contribution is 0.420.